The van der Waals surface area contributed by atoms with E-state index in [0.29, 0.717) is 5.69 Å². The number of aryl methyl sites for hydroxylation is 2. The number of nitro benzene ring substituents is 2. The summed E-state index contributed by atoms with van der Waals surface area (Å²) in [6.45, 7) is 5.15. The van der Waals surface area contributed by atoms with E-state index in [9.17, 15) is 29.8 Å². The Morgan fingerprint density at radius 1 is 0.966 bits per heavy atom. The summed E-state index contributed by atoms with van der Waals surface area (Å²) in [5.74, 6) is -1.42. The van der Waals surface area contributed by atoms with Gasteiger partial charge in [-0.25, -0.2) is 0 Å². The average Bonchev–Trinajstić information content (AvgIpc) is 2.60. The second kappa shape index (κ2) is 8.65. The highest BCUT2D eigenvalue weighted by Gasteiger charge is 2.28. The Morgan fingerprint density at radius 3 is 1.90 bits per heavy atom. The van der Waals surface area contributed by atoms with Crippen LogP contribution in [0.4, 0.5) is 17.1 Å². The number of nitro groups is 2. The predicted octanol–water partition coefficient (Wildman–Crippen LogP) is 3.53. The number of carbonyl (C=O) groups excluding carboxylic acids is 2. The normalized spacial score (nSPS) is 11.4. The van der Waals surface area contributed by atoms with E-state index in [-0.39, 0.29) is 5.56 Å². The van der Waals surface area contributed by atoms with Gasteiger partial charge in [-0.1, -0.05) is 17.7 Å². The number of halogens is 1. The van der Waals surface area contributed by atoms with Gasteiger partial charge in [0, 0.05) is 17.8 Å². The van der Waals surface area contributed by atoms with Gasteiger partial charge in [-0.3, -0.25) is 29.8 Å². The maximum Gasteiger partial charge on any atom is 0.295 e. The molecular formula is C18H17ClN4O6. The number of nitrogens with one attached hydrogen (secondary N) is 2. The Balaban J connectivity index is 2.21. The first-order valence-corrected chi connectivity index (χ1v) is 8.69. The number of nitrogens with zero attached hydrogens (tertiary/aromatic N) is 2. The highest BCUT2D eigenvalue weighted by Crippen LogP contribution is 2.34. The van der Waals surface area contributed by atoms with Gasteiger partial charge in [0.1, 0.15) is 6.04 Å². The highest BCUT2D eigenvalue weighted by atomic mass is 35.5. The second-order valence-corrected chi connectivity index (χ2v) is 6.78. The predicted molar refractivity (Wildman–Crippen MR) is 106 cm³/mol. The molecule has 11 heteroatoms. The van der Waals surface area contributed by atoms with Crippen LogP contribution in [-0.4, -0.2) is 27.7 Å². The molecule has 0 aromatic heterocycles. The molecule has 2 N–H and O–H groups in total. The molecule has 0 spiro atoms. The fourth-order valence-corrected chi connectivity index (χ4v) is 2.88. The maximum atomic E-state index is 12.4. The van der Waals surface area contributed by atoms with Gasteiger partial charge in [-0.2, -0.15) is 0 Å². The van der Waals surface area contributed by atoms with Gasteiger partial charge in [0.15, 0.2) is 5.02 Å². The van der Waals surface area contributed by atoms with Crippen molar-refractivity contribution in [3.05, 3.63) is 72.3 Å². The summed E-state index contributed by atoms with van der Waals surface area (Å²) in [5, 5.41) is 26.5. The standard InChI is InChI=1S/C18H17ClN4O6/c1-9-4-10(2)6-13(5-9)21-17(24)11(3)20-18(25)12-7-14(22(26)27)16(19)15(8-12)23(28)29/h4-8,11H,1-3H3,(H,20,25)(H,21,24). The zero-order valence-electron chi connectivity index (χ0n) is 15.7. The van der Waals surface area contributed by atoms with Crippen LogP contribution in [0.15, 0.2) is 30.3 Å². The molecule has 1 unspecified atom stereocenters. The number of amides is 2. The average molecular weight is 421 g/mol. The first-order chi connectivity index (χ1) is 13.5. The van der Waals surface area contributed by atoms with Crippen LogP contribution in [0.1, 0.15) is 28.4 Å². The van der Waals surface area contributed by atoms with E-state index in [0.717, 1.165) is 23.3 Å². The lowest BCUT2D eigenvalue weighted by molar-refractivity contribution is -0.393. The molecule has 29 heavy (non-hydrogen) atoms. The molecule has 10 nitrogen and oxygen atoms in total. The highest BCUT2D eigenvalue weighted by molar-refractivity contribution is 6.35. The quantitative estimate of drug-likeness (QED) is 0.540. The van der Waals surface area contributed by atoms with Crippen LogP contribution in [0, 0.1) is 34.1 Å². The molecule has 1 atom stereocenters. The van der Waals surface area contributed by atoms with Gasteiger partial charge in [0.05, 0.1) is 15.4 Å². The van der Waals surface area contributed by atoms with E-state index in [2.05, 4.69) is 10.6 Å². The summed E-state index contributed by atoms with van der Waals surface area (Å²) < 4.78 is 0. The van der Waals surface area contributed by atoms with Gasteiger partial charge in [0.25, 0.3) is 17.3 Å². The van der Waals surface area contributed by atoms with E-state index >= 15 is 0 Å². The second-order valence-electron chi connectivity index (χ2n) is 6.40. The summed E-state index contributed by atoms with van der Waals surface area (Å²) in [7, 11) is 0. The Kier molecular flexibility index (Phi) is 6.49. The van der Waals surface area contributed by atoms with Gasteiger partial charge in [-0.15, -0.1) is 0 Å². The lowest BCUT2D eigenvalue weighted by Gasteiger charge is -2.15. The summed E-state index contributed by atoms with van der Waals surface area (Å²) in [5.41, 5.74) is 0.512. The molecule has 0 saturated carbocycles. The molecule has 0 aliphatic heterocycles. The van der Waals surface area contributed by atoms with Crippen molar-refractivity contribution in [1.82, 2.24) is 5.32 Å². The Labute approximate surface area is 170 Å². The number of carbonyl (C=O) groups is 2. The minimum Gasteiger partial charge on any atom is -0.341 e. The van der Waals surface area contributed by atoms with Crippen molar-refractivity contribution in [3.63, 3.8) is 0 Å². The number of benzene rings is 2. The smallest absolute Gasteiger partial charge is 0.295 e. The molecule has 0 aliphatic rings. The third kappa shape index (κ3) is 5.26. The monoisotopic (exact) mass is 420 g/mol. The Morgan fingerprint density at radius 2 is 1.45 bits per heavy atom. The maximum absolute atomic E-state index is 12.4. The van der Waals surface area contributed by atoms with E-state index in [4.69, 9.17) is 11.6 Å². The molecule has 0 bridgehead atoms. The van der Waals surface area contributed by atoms with Crippen LogP contribution in [0.25, 0.3) is 0 Å². The van der Waals surface area contributed by atoms with Crippen molar-refractivity contribution in [2.45, 2.75) is 26.8 Å². The zero-order chi connectivity index (χ0) is 21.9. The number of anilines is 1. The lowest BCUT2D eigenvalue weighted by atomic mass is 10.1. The largest absolute Gasteiger partial charge is 0.341 e. The SMILES string of the molecule is Cc1cc(C)cc(NC(=O)C(C)NC(=O)c2cc([N+](=O)[O-])c(Cl)c([N+](=O)[O-])c2)c1. The summed E-state index contributed by atoms with van der Waals surface area (Å²) >= 11 is 5.67. The topological polar surface area (TPSA) is 144 Å². The summed E-state index contributed by atoms with van der Waals surface area (Å²) in [4.78, 5) is 45.0. The van der Waals surface area contributed by atoms with Crippen molar-refractivity contribution in [3.8, 4) is 0 Å². The first kappa shape index (κ1) is 21.8. The number of hydrogen-bond donors (Lipinski definition) is 2. The van der Waals surface area contributed by atoms with Gasteiger partial charge < -0.3 is 10.6 Å². The minimum absolute atomic E-state index is 0.362. The Hall–Kier alpha value is -3.53. The molecule has 0 radical (unpaired) electrons. The van der Waals surface area contributed by atoms with E-state index in [1.54, 1.807) is 12.1 Å². The molecule has 0 saturated heterocycles. The van der Waals surface area contributed by atoms with Gasteiger partial charge in [0.2, 0.25) is 5.91 Å². The fraction of sp³-hybridized carbons (Fsp3) is 0.222. The number of hydrogen-bond acceptors (Lipinski definition) is 6. The van der Waals surface area contributed by atoms with Crippen LogP contribution in [-0.2, 0) is 4.79 Å². The van der Waals surface area contributed by atoms with Crippen LogP contribution in [0.2, 0.25) is 5.02 Å². The minimum atomic E-state index is -1.02. The van der Waals surface area contributed by atoms with E-state index in [1.165, 1.54) is 6.92 Å². The van der Waals surface area contributed by atoms with Gasteiger partial charge in [-0.05, 0) is 44.0 Å². The van der Waals surface area contributed by atoms with Crippen LogP contribution >= 0.6 is 11.6 Å². The molecular weight excluding hydrogens is 404 g/mol. The molecule has 0 fully saturated rings. The number of rotatable bonds is 6. The van der Waals surface area contributed by atoms with Crippen LogP contribution < -0.4 is 10.6 Å². The van der Waals surface area contributed by atoms with Crippen molar-refractivity contribution >= 4 is 40.5 Å². The lowest BCUT2D eigenvalue weighted by Crippen LogP contribution is -2.41. The third-order valence-electron chi connectivity index (χ3n) is 3.92. The van der Waals surface area contributed by atoms with Crippen LogP contribution in [0.5, 0.6) is 0 Å². The van der Waals surface area contributed by atoms with E-state index < -0.39 is 44.1 Å². The van der Waals surface area contributed by atoms with Crippen molar-refractivity contribution in [2.24, 2.45) is 0 Å². The zero-order valence-corrected chi connectivity index (χ0v) is 16.4. The first-order valence-electron chi connectivity index (χ1n) is 8.32. The van der Waals surface area contributed by atoms with Crippen molar-refractivity contribution < 1.29 is 19.4 Å². The van der Waals surface area contributed by atoms with E-state index in [1.807, 2.05) is 19.9 Å². The molecule has 2 aromatic rings. The molecule has 2 aromatic carbocycles. The Bertz CT molecular complexity index is 968. The van der Waals surface area contributed by atoms with Gasteiger partial charge >= 0.3 is 0 Å². The van der Waals surface area contributed by atoms with Crippen LogP contribution in [0.3, 0.4) is 0 Å². The molecule has 2 rings (SSSR count). The molecule has 152 valence electrons. The summed E-state index contributed by atoms with van der Waals surface area (Å²) in [6, 6.07) is 6.06. The molecule has 2 amide bonds. The van der Waals surface area contributed by atoms with Crippen molar-refractivity contribution in [2.75, 3.05) is 5.32 Å². The summed E-state index contributed by atoms with van der Waals surface area (Å²) in [6.07, 6.45) is 0. The molecule has 0 heterocycles. The third-order valence-corrected chi connectivity index (χ3v) is 4.31. The molecule has 0 aliphatic carbocycles. The van der Waals surface area contributed by atoms with Crippen molar-refractivity contribution in [1.29, 1.82) is 0 Å². The fourth-order valence-electron chi connectivity index (χ4n) is 2.63.